The minimum absolute atomic E-state index is 0.0169. The van der Waals surface area contributed by atoms with Crippen LogP contribution in [0.25, 0.3) is 0 Å². The van der Waals surface area contributed by atoms with Crippen molar-refractivity contribution in [1.29, 1.82) is 0 Å². The Labute approximate surface area is 280 Å². The molecule has 15 heteroatoms. The maximum Gasteiger partial charge on any atom is 0.417 e. The van der Waals surface area contributed by atoms with Crippen molar-refractivity contribution in [2.24, 2.45) is 0 Å². The van der Waals surface area contributed by atoms with Crippen LogP contribution in [0.2, 0.25) is 0 Å². The number of amides is 3. The molecule has 2 aromatic carbocycles. The van der Waals surface area contributed by atoms with Gasteiger partial charge >= 0.3 is 6.18 Å². The summed E-state index contributed by atoms with van der Waals surface area (Å²) < 4.78 is 38.5. The van der Waals surface area contributed by atoms with Gasteiger partial charge in [0.15, 0.2) is 5.60 Å². The Morgan fingerprint density at radius 3 is 2.27 bits per heavy atom. The summed E-state index contributed by atoms with van der Waals surface area (Å²) in [5, 5.41) is 28.8. The number of anilines is 1. The fourth-order valence-electron chi connectivity index (χ4n) is 4.74. The van der Waals surface area contributed by atoms with E-state index in [1.807, 2.05) is 54.5 Å². The summed E-state index contributed by atoms with van der Waals surface area (Å²) in [4.78, 5) is 36.9. The summed E-state index contributed by atoms with van der Waals surface area (Å²) in [5.41, 5.74) is 3.29. The van der Waals surface area contributed by atoms with Crippen LogP contribution in [0.15, 0.2) is 78.3 Å². The molecule has 1 unspecified atom stereocenters. The van der Waals surface area contributed by atoms with Gasteiger partial charge in [-0.25, -0.2) is 0 Å². The first kappa shape index (κ1) is 36.1. The summed E-state index contributed by atoms with van der Waals surface area (Å²) in [6.45, 7) is 0.489. The zero-order valence-corrected chi connectivity index (χ0v) is 27.4. The van der Waals surface area contributed by atoms with Crippen molar-refractivity contribution < 1.29 is 32.7 Å². The number of aromatic nitrogens is 2. The zero-order chi connectivity index (χ0) is 34.7. The highest BCUT2D eigenvalue weighted by Crippen LogP contribution is 2.32. The molecule has 256 valence electrons. The van der Waals surface area contributed by atoms with Crippen molar-refractivity contribution in [3.05, 3.63) is 100.0 Å². The van der Waals surface area contributed by atoms with E-state index in [1.54, 1.807) is 24.3 Å². The Bertz CT molecular complexity index is 1640. The van der Waals surface area contributed by atoms with Crippen molar-refractivity contribution in [1.82, 2.24) is 31.3 Å². The number of halogens is 3. The Balaban J connectivity index is 1.16. The number of hydrazine groups is 1. The van der Waals surface area contributed by atoms with Gasteiger partial charge in [-0.15, -0.1) is 10.2 Å². The number of aryl methyl sites for hydroxylation is 1. The number of hydrogen-bond donors (Lipinski definition) is 5. The van der Waals surface area contributed by atoms with Crippen LogP contribution in [-0.4, -0.2) is 56.9 Å². The van der Waals surface area contributed by atoms with Crippen LogP contribution in [0.3, 0.4) is 0 Å². The van der Waals surface area contributed by atoms with E-state index in [0.717, 1.165) is 35.5 Å². The van der Waals surface area contributed by atoms with Crippen molar-refractivity contribution in [3.63, 3.8) is 0 Å². The van der Waals surface area contributed by atoms with Crippen LogP contribution in [0.4, 0.5) is 18.3 Å². The van der Waals surface area contributed by atoms with Gasteiger partial charge in [-0.05, 0) is 55.0 Å². The van der Waals surface area contributed by atoms with Gasteiger partial charge in [0.05, 0.1) is 19.3 Å². The summed E-state index contributed by atoms with van der Waals surface area (Å²) in [6, 6.07) is 16.3. The maximum atomic E-state index is 12.8. The first-order valence-corrected chi connectivity index (χ1v) is 16.1. The average molecular weight is 686 g/mol. The number of unbranched alkanes of at least 4 members (excludes halogenated alkanes) is 1. The van der Waals surface area contributed by atoms with Gasteiger partial charge in [-0.1, -0.05) is 65.9 Å². The van der Waals surface area contributed by atoms with Gasteiger partial charge in [-0.2, -0.15) is 13.2 Å². The molecule has 1 atom stereocenters. The second-order valence-electron chi connectivity index (χ2n) is 11.6. The van der Waals surface area contributed by atoms with E-state index in [-0.39, 0.29) is 24.8 Å². The molecular formula is C33H38F3N7O4S. The third-order valence-corrected chi connectivity index (χ3v) is 8.29. The Morgan fingerprint density at radius 1 is 0.875 bits per heavy atom. The summed E-state index contributed by atoms with van der Waals surface area (Å²) in [6.07, 6.45) is 1.34. The first-order valence-electron chi connectivity index (χ1n) is 15.3. The molecule has 0 saturated heterocycles. The predicted molar refractivity (Wildman–Crippen MR) is 175 cm³/mol. The molecule has 4 rings (SSSR count). The van der Waals surface area contributed by atoms with Gasteiger partial charge in [0.1, 0.15) is 10.8 Å². The predicted octanol–water partition coefficient (Wildman–Crippen LogP) is 4.29. The molecule has 1 aromatic heterocycles. The quantitative estimate of drug-likeness (QED) is 0.149. The van der Waals surface area contributed by atoms with Crippen molar-refractivity contribution in [3.8, 4) is 0 Å². The lowest BCUT2D eigenvalue weighted by molar-refractivity contribution is -0.253. The number of aliphatic hydroxyl groups is 1. The van der Waals surface area contributed by atoms with E-state index in [1.165, 1.54) is 11.3 Å². The molecule has 0 fully saturated rings. The number of benzene rings is 2. The normalized spacial score (nSPS) is 14.2. The molecule has 1 aliphatic rings. The Hall–Kier alpha value is -4.76. The number of hydrogen-bond acceptors (Lipinski definition) is 9. The monoisotopic (exact) mass is 685 g/mol. The van der Waals surface area contributed by atoms with Crippen LogP contribution < -0.4 is 21.4 Å². The molecule has 0 spiro atoms. The molecule has 0 bridgehead atoms. The van der Waals surface area contributed by atoms with Crippen LogP contribution >= 0.6 is 11.3 Å². The number of carbonyl (C=O) groups excluding carboxylic acids is 3. The van der Waals surface area contributed by atoms with Gasteiger partial charge in [0.2, 0.25) is 22.9 Å². The SMILES string of the molecule is CN1NC(NC(=O)Cc2ccccc2)=CC=C1CCCCc1nnc(NC(=O)Cc2cccc(CNC(=O)CC(C)(O)C(F)(F)F)c2)s1. The number of rotatable bonds is 15. The molecule has 1 aliphatic heterocycles. The highest BCUT2D eigenvalue weighted by atomic mass is 32.1. The molecule has 3 aromatic rings. The van der Waals surface area contributed by atoms with Crippen LogP contribution in [-0.2, 0) is 40.2 Å². The number of allylic oxidation sites excluding steroid dienone is 3. The maximum absolute atomic E-state index is 12.8. The standard InChI is InChI=1S/C33H38F3N7O4S/c1-32(47,33(34,35)36)20-29(46)37-21-24-12-8-11-23(17-24)19-28(45)39-31-41-40-30(48-31)14-7-6-13-25-15-16-26(42-43(25)2)38-27(44)18-22-9-4-3-5-10-22/h3-5,8-12,15-17,42,47H,6-7,13-14,18-21H2,1-2H3,(H,37,46)(H,38,44)(H,39,41,45). The third kappa shape index (κ3) is 11.2. The van der Waals surface area contributed by atoms with Crippen molar-refractivity contribution in [2.45, 2.75) is 70.2 Å². The molecule has 0 aliphatic carbocycles. The number of nitrogens with zero attached hydrogens (tertiary/aromatic N) is 3. The van der Waals surface area contributed by atoms with E-state index in [9.17, 15) is 32.7 Å². The Morgan fingerprint density at radius 2 is 1.54 bits per heavy atom. The highest BCUT2D eigenvalue weighted by molar-refractivity contribution is 7.15. The topological polar surface area (TPSA) is 149 Å². The van der Waals surface area contributed by atoms with Crippen LogP contribution in [0.5, 0.6) is 0 Å². The molecule has 0 radical (unpaired) electrons. The average Bonchev–Trinajstić information content (AvgIpc) is 3.45. The fraction of sp³-hybridized carbons (Fsp3) is 0.364. The van der Waals surface area contributed by atoms with E-state index in [2.05, 4.69) is 31.6 Å². The van der Waals surface area contributed by atoms with E-state index >= 15 is 0 Å². The minimum Gasteiger partial charge on any atom is -0.380 e. The van der Waals surface area contributed by atoms with Crippen LogP contribution in [0, 0.1) is 0 Å². The van der Waals surface area contributed by atoms with Gasteiger partial charge in [-0.3, -0.25) is 24.8 Å². The Kier molecular flexibility index (Phi) is 12.3. The molecule has 2 heterocycles. The van der Waals surface area contributed by atoms with E-state index in [0.29, 0.717) is 41.8 Å². The zero-order valence-electron chi connectivity index (χ0n) is 26.6. The van der Waals surface area contributed by atoms with Crippen molar-refractivity contribution >= 4 is 34.2 Å². The fourth-order valence-corrected chi connectivity index (χ4v) is 5.54. The minimum atomic E-state index is -4.93. The van der Waals surface area contributed by atoms with E-state index < -0.39 is 24.1 Å². The second kappa shape index (κ2) is 16.4. The number of alkyl halides is 3. The number of nitrogens with one attached hydrogen (secondary N) is 4. The number of carbonyl (C=O) groups is 3. The lowest BCUT2D eigenvalue weighted by atomic mass is 10.0. The van der Waals surface area contributed by atoms with Gasteiger partial charge in [0, 0.05) is 25.7 Å². The summed E-state index contributed by atoms with van der Waals surface area (Å²) >= 11 is 1.30. The molecule has 3 amide bonds. The first-order chi connectivity index (χ1) is 22.8. The lowest BCUT2D eigenvalue weighted by Crippen LogP contribution is -2.46. The molecular weight excluding hydrogens is 647 g/mol. The highest BCUT2D eigenvalue weighted by Gasteiger charge is 2.50. The largest absolute Gasteiger partial charge is 0.417 e. The van der Waals surface area contributed by atoms with Gasteiger partial charge in [0.25, 0.3) is 0 Å². The molecule has 48 heavy (non-hydrogen) atoms. The molecule has 0 saturated carbocycles. The van der Waals surface area contributed by atoms with Gasteiger partial charge < -0.3 is 21.1 Å². The smallest absolute Gasteiger partial charge is 0.380 e. The van der Waals surface area contributed by atoms with E-state index in [4.69, 9.17) is 0 Å². The third-order valence-electron chi connectivity index (χ3n) is 7.39. The summed E-state index contributed by atoms with van der Waals surface area (Å²) in [7, 11) is 1.89. The lowest BCUT2D eigenvalue weighted by Gasteiger charge is -2.29. The second-order valence-corrected chi connectivity index (χ2v) is 12.7. The molecule has 11 nitrogen and oxygen atoms in total. The summed E-state index contributed by atoms with van der Waals surface area (Å²) in [5.74, 6) is -0.754. The molecule has 5 N–H and O–H groups in total. The van der Waals surface area contributed by atoms with Crippen molar-refractivity contribution in [2.75, 3.05) is 12.4 Å². The van der Waals surface area contributed by atoms with Crippen LogP contribution in [0.1, 0.15) is 54.3 Å².